The summed E-state index contributed by atoms with van der Waals surface area (Å²) in [7, 11) is 0. The van der Waals surface area contributed by atoms with E-state index < -0.39 is 0 Å². The number of nitrogens with zero attached hydrogens (tertiary/aromatic N) is 3. The van der Waals surface area contributed by atoms with Crippen molar-refractivity contribution < 1.29 is 4.79 Å². The average Bonchev–Trinajstić information content (AvgIpc) is 3.13. The molecule has 2 aliphatic rings. The molecule has 0 aliphatic heterocycles. The third kappa shape index (κ3) is 3.27. The highest BCUT2D eigenvalue weighted by atomic mass is 32.1. The molecule has 2 aromatic heterocycles. The number of thiazole rings is 1. The molecular formula is C17H20N4OS. The summed E-state index contributed by atoms with van der Waals surface area (Å²) in [5, 5.41) is 3.80. The SMILES string of the molecule is O=C(NC[C@@H]1CCC[C@H]1C1CC1)c1cnc(-c2ncccn2)s1. The fourth-order valence-electron chi connectivity index (χ4n) is 3.67. The van der Waals surface area contributed by atoms with Crippen LogP contribution in [0.3, 0.4) is 0 Å². The predicted octanol–water partition coefficient (Wildman–Crippen LogP) is 3.16. The van der Waals surface area contributed by atoms with Gasteiger partial charge < -0.3 is 5.32 Å². The van der Waals surface area contributed by atoms with E-state index in [1.165, 1.54) is 43.4 Å². The van der Waals surface area contributed by atoms with Crippen LogP contribution in [0.5, 0.6) is 0 Å². The maximum atomic E-state index is 12.4. The number of hydrogen-bond acceptors (Lipinski definition) is 5. The molecule has 6 heteroatoms. The standard InChI is InChI=1S/C17H20N4OS/c22-16(20-9-12-3-1-4-13(12)11-5-6-11)14-10-21-17(23-14)15-18-7-2-8-19-15/h2,7-8,10-13H,1,3-6,9H2,(H,20,22)/t12-,13-/m0/s1. The molecule has 2 aromatic rings. The summed E-state index contributed by atoms with van der Waals surface area (Å²) in [6.45, 7) is 0.801. The largest absolute Gasteiger partial charge is 0.351 e. The number of rotatable bonds is 5. The van der Waals surface area contributed by atoms with Crippen molar-refractivity contribution in [3.63, 3.8) is 0 Å². The van der Waals surface area contributed by atoms with E-state index in [1.54, 1.807) is 24.7 Å². The van der Waals surface area contributed by atoms with Crippen molar-refractivity contribution >= 4 is 17.2 Å². The van der Waals surface area contributed by atoms with Crippen LogP contribution < -0.4 is 5.32 Å². The second kappa shape index (κ2) is 6.35. The van der Waals surface area contributed by atoms with Gasteiger partial charge in [-0.1, -0.05) is 6.42 Å². The van der Waals surface area contributed by atoms with Crippen LogP contribution in [-0.2, 0) is 0 Å². The first-order chi connectivity index (χ1) is 11.3. The Hall–Kier alpha value is -1.82. The number of nitrogens with one attached hydrogen (secondary N) is 1. The fourth-order valence-corrected chi connectivity index (χ4v) is 4.45. The molecule has 1 amide bonds. The van der Waals surface area contributed by atoms with E-state index in [9.17, 15) is 4.79 Å². The molecule has 1 N–H and O–H groups in total. The minimum atomic E-state index is -0.0221. The summed E-state index contributed by atoms with van der Waals surface area (Å²) < 4.78 is 0. The third-order valence-electron chi connectivity index (χ3n) is 4.96. The van der Waals surface area contributed by atoms with Gasteiger partial charge in [-0.2, -0.15) is 0 Å². The molecule has 0 aromatic carbocycles. The molecule has 2 aliphatic carbocycles. The molecule has 2 saturated carbocycles. The molecule has 0 radical (unpaired) electrons. The Morgan fingerprint density at radius 2 is 2.00 bits per heavy atom. The maximum Gasteiger partial charge on any atom is 0.263 e. The Balaban J connectivity index is 1.37. The Morgan fingerprint density at radius 3 is 2.78 bits per heavy atom. The maximum absolute atomic E-state index is 12.4. The molecule has 5 nitrogen and oxygen atoms in total. The van der Waals surface area contributed by atoms with Gasteiger partial charge in [-0.15, -0.1) is 11.3 Å². The molecule has 4 rings (SSSR count). The highest BCUT2D eigenvalue weighted by Crippen LogP contribution is 2.47. The lowest BCUT2D eigenvalue weighted by Crippen LogP contribution is -2.30. The molecule has 2 heterocycles. The molecule has 2 atom stereocenters. The molecule has 0 unspecified atom stereocenters. The molecule has 0 bridgehead atoms. The number of amides is 1. The topological polar surface area (TPSA) is 67.8 Å². The van der Waals surface area contributed by atoms with Gasteiger partial charge in [-0.05, 0) is 49.5 Å². The molecule has 2 fully saturated rings. The number of carbonyl (C=O) groups is 1. The summed E-state index contributed by atoms with van der Waals surface area (Å²) >= 11 is 1.35. The zero-order valence-electron chi connectivity index (χ0n) is 12.9. The number of hydrogen-bond donors (Lipinski definition) is 1. The van der Waals surface area contributed by atoms with E-state index in [2.05, 4.69) is 20.3 Å². The van der Waals surface area contributed by atoms with Gasteiger partial charge in [0.15, 0.2) is 10.8 Å². The van der Waals surface area contributed by atoms with Gasteiger partial charge in [-0.25, -0.2) is 15.0 Å². The fraction of sp³-hybridized carbons (Fsp3) is 0.529. The lowest BCUT2D eigenvalue weighted by Gasteiger charge is -2.19. The second-order valence-corrected chi connectivity index (χ2v) is 7.54. The molecule has 0 spiro atoms. The van der Waals surface area contributed by atoms with Crippen LogP contribution >= 0.6 is 11.3 Å². The van der Waals surface area contributed by atoms with Gasteiger partial charge in [-0.3, -0.25) is 4.79 Å². The van der Waals surface area contributed by atoms with E-state index in [0.29, 0.717) is 21.6 Å². The van der Waals surface area contributed by atoms with Crippen molar-refractivity contribution in [2.24, 2.45) is 17.8 Å². The molecular weight excluding hydrogens is 308 g/mol. The van der Waals surface area contributed by atoms with Crippen molar-refractivity contribution in [3.8, 4) is 10.8 Å². The highest BCUT2D eigenvalue weighted by molar-refractivity contribution is 7.16. The molecule has 0 saturated heterocycles. The quantitative estimate of drug-likeness (QED) is 0.915. The average molecular weight is 328 g/mol. The van der Waals surface area contributed by atoms with Crippen molar-refractivity contribution in [3.05, 3.63) is 29.5 Å². The van der Waals surface area contributed by atoms with Crippen LogP contribution in [0.1, 0.15) is 41.8 Å². The number of carbonyl (C=O) groups excluding carboxylic acids is 1. The van der Waals surface area contributed by atoms with Crippen LogP contribution in [0.25, 0.3) is 10.8 Å². The van der Waals surface area contributed by atoms with E-state index in [0.717, 1.165) is 18.4 Å². The van der Waals surface area contributed by atoms with E-state index >= 15 is 0 Å². The van der Waals surface area contributed by atoms with Crippen molar-refractivity contribution in [2.75, 3.05) is 6.54 Å². The lowest BCUT2D eigenvalue weighted by atomic mass is 9.91. The smallest absolute Gasteiger partial charge is 0.263 e. The van der Waals surface area contributed by atoms with Crippen LogP contribution in [0.4, 0.5) is 0 Å². The summed E-state index contributed by atoms with van der Waals surface area (Å²) in [6.07, 6.45) is 11.7. The summed E-state index contributed by atoms with van der Waals surface area (Å²) in [5.74, 6) is 2.98. The Bertz CT molecular complexity index is 683. The third-order valence-corrected chi connectivity index (χ3v) is 5.95. The zero-order chi connectivity index (χ0) is 15.6. The first-order valence-corrected chi connectivity index (χ1v) is 9.14. The monoisotopic (exact) mass is 328 g/mol. The van der Waals surface area contributed by atoms with Gasteiger partial charge >= 0.3 is 0 Å². The highest BCUT2D eigenvalue weighted by Gasteiger charge is 2.39. The zero-order valence-corrected chi connectivity index (χ0v) is 13.8. The summed E-state index contributed by atoms with van der Waals surface area (Å²) in [4.78, 5) is 25.6. The Kier molecular flexibility index (Phi) is 4.08. The second-order valence-electron chi connectivity index (χ2n) is 6.50. The van der Waals surface area contributed by atoms with Crippen molar-refractivity contribution in [2.45, 2.75) is 32.1 Å². The first kappa shape index (κ1) is 14.8. The van der Waals surface area contributed by atoms with Gasteiger partial charge in [0.2, 0.25) is 0 Å². The predicted molar refractivity (Wildman–Crippen MR) is 89.0 cm³/mol. The van der Waals surface area contributed by atoms with Gasteiger partial charge in [0.05, 0.1) is 6.20 Å². The molecule has 23 heavy (non-hydrogen) atoms. The summed E-state index contributed by atoms with van der Waals surface area (Å²) in [6, 6.07) is 1.77. The molecule has 120 valence electrons. The van der Waals surface area contributed by atoms with Crippen molar-refractivity contribution in [1.82, 2.24) is 20.3 Å². The minimum absolute atomic E-state index is 0.0221. The van der Waals surface area contributed by atoms with Gasteiger partial charge in [0.25, 0.3) is 5.91 Å². The van der Waals surface area contributed by atoms with Crippen LogP contribution in [-0.4, -0.2) is 27.4 Å². The Morgan fingerprint density at radius 1 is 1.17 bits per heavy atom. The first-order valence-electron chi connectivity index (χ1n) is 8.32. The van der Waals surface area contributed by atoms with Crippen LogP contribution in [0.2, 0.25) is 0 Å². The Labute approximate surface area is 139 Å². The van der Waals surface area contributed by atoms with Gasteiger partial charge in [0.1, 0.15) is 4.88 Å². The lowest BCUT2D eigenvalue weighted by molar-refractivity contribution is 0.0946. The van der Waals surface area contributed by atoms with E-state index in [1.807, 2.05) is 0 Å². The number of aromatic nitrogens is 3. The minimum Gasteiger partial charge on any atom is -0.351 e. The normalized spacial score (nSPS) is 23.8. The van der Waals surface area contributed by atoms with Crippen LogP contribution in [0.15, 0.2) is 24.7 Å². The van der Waals surface area contributed by atoms with Crippen molar-refractivity contribution in [1.29, 1.82) is 0 Å². The van der Waals surface area contributed by atoms with E-state index in [-0.39, 0.29) is 5.91 Å². The van der Waals surface area contributed by atoms with Gasteiger partial charge in [0, 0.05) is 18.9 Å². The van der Waals surface area contributed by atoms with E-state index in [4.69, 9.17) is 0 Å². The summed E-state index contributed by atoms with van der Waals surface area (Å²) in [5.41, 5.74) is 0. The van der Waals surface area contributed by atoms with Crippen LogP contribution in [0, 0.1) is 17.8 Å².